The first kappa shape index (κ1) is 14.2. The summed E-state index contributed by atoms with van der Waals surface area (Å²) in [5.41, 5.74) is 0. The Balaban J connectivity index is 1.81. The first-order chi connectivity index (χ1) is 9.06. The number of urea groups is 1. The molecule has 1 aliphatic carbocycles. The number of aliphatic carboxylic acids is 1. The minimum Gasteiger partial charge on any atom is -0.481 e. The molecule has 2 rings (SSSR count). The number of hydrogen-bond acceptors (Lipinski definition) is 2. The molecule has 5 nitrogen and oxygen atoms in total. The molecule has 108 valence electrons. The summed E-state index contributed by atoms with van der Waals surface area (Å²) in [5, 5.41) is 8.84. The average molecular weight is 268 g/mol. The zero-order valence-electron chi connectivity index (χ0n) is 11.7. The van der Waals surface area contributed by atoms with E-state index in [0.29, 0.717) is 12.5 Å². The Bertz CT molecular complexity index is 342. The molecule has 1 saturated heterocycles. The number of carbonyl (C=O) groups is 2. The number of piperidine rings is 1. The van der Waals surface area contributed by atoms with Crippen LogP contribution in [0.15, 0.2) is 0 Å². The highest BCUT2D eigenvalue weighted by molar-refractivity contribution is 5.74. The maximum Gasteiger partial charge on any atom is 0.319 e. The lowest BCUT2D eigenvalue weighted by Gasteiger charge is -2.37. The molecule has 0 aromatic rings. The largest absolute Gasteiger partial charge is 0.481 e. The van der Waals surface area contributed by atoms with E-state index >= 15 is 0 Å². The summed E-state index contributed by atoms with van der Waals surface area (Å²) < 4.78 is 0. The Morgan fingerprint density at radius 1 is 1.21 bits per heavy atom. The van der Waals surface area contributed by atoms with Crippen LogP contribution in [0.2, 0.25) is 0 Å². The summed E-state index contributed by atoms with van der Waals surface area (Å²) in [7, 11) is 1.86. The van der Waals surface area contributed by atoms with Crippen LogP contribution >= 0.6 is 0 Å². The monoisotopic (exact) mass is 268 g/mol. The van der Waals surface area contributed by atoms with E-state index in [0.717, 1.165) is 25.9 Å². The lowest BCUT2D eigenvalue weighted by Crippen LogP contribution is -2.48. The lowest BCUT2D eigenvalue weighted by molar-refractivity contribution is -0.138. The summed E-state index contributed by atoms with van der Waals surface area (Å²) in [5.74, 6) is 0.0305. The van der Waals surface area contributed by atoms with Gasteiger partial charge in [0.05, 0.1) is 0 Å². The number of amides is 2. The van der Waals surface area contributed by atoms with Crippen LogP contribution in [-0.2, 0) is 4.79 Å². The van der Waals surface area contributed by atoms with Gasteiger partial charge in [0.25, 0.3) is 0 Å². The van der Waals surface area contributed by atoms with Gasteiger partial charge in [-0.1, -0.05) is 6.42 Å². The van der Waals surface area contributed by atoms with Crippen LogP contribution in [0.3, 0.4) is 0 Å². The second-order valence-electron chi connectivity index (χ2n) is 6.01. The Labute approximate surface area is 114 Å². The molecular formula is C14H24N2O3. The van der Waals surface area contributed by atoms with E-state index in [1.165, 1.54) is 19.3 Å². The van der Waals surface area contributed by atoms with Crippen molar-refractivity contribution in [2.24, 2.45) is 11.8 Å². The molecule has 19 heavy (non-hydrogen) atoms. The Kier molecular flexibility index (Phi) is 4.66. The molecule has 1 unspecified atom stereocenters. The molecule has 1 aliphatic heterocycles. The van der Waals surface area contributed by atoms with Crippen LogP contribution in [0.4, 0.5) is 4.79 Å². The van der Waals surface area contributed by atoms with Crippen molar-refractivity contribution < 1.29 is 14.7 Å². The van der Waals surface area contributed by atoms with Crippen molar-refractivity contribution in [1.29, 1.82) is 0 Å². The van der Waals surface area contributed by atoms with E-state index in [1.807, 2.05) is 16.8 Å². The summed E-state index contributed by atoms with van der Waals surface area (Å²) in [6, 6.07) is 0.0713. The van der Waals surface area contributed by atoms with Crippen LogP contribution in [-0.4, -0.2) is 53.6 Å². The van der Waals surface area contributed by atoms with Gasteiger partial charge in [-0.05, 0) is 37.5 Å². The van der Waals surface area contributed by atoms with E-state index in [9.17, 15) is 9.59 Å². The van der Waals surface area contributed by atoms with Crippen LogP contribution in [0.25, 0.3) is 0 Å². The van der Waals surface area contributed by atoms with Crippen LogP contribution in [0, 0.1) is 11.8 Å². The predicted molar refractivity (Wildman–Crippen MR) is 71.9 cm³/mol. The van der Waals surface area contributed by atoms with Crippen LogP contribution in [0.1, 0.15) is 38.5 Å². The lowest BCUT2D eigenvalue weighted by atomic mass is 9.85. The molecule has 1 N–H and O–H groups in total. The molecule has 2 fully saturated rings. The van der Waals surface area contributed by atoms with Gasteiger partial charge in [0.1, 0.15) is 0 Å². The summed E-state index contributed by atoms with van der Waals surface area (Å²) >= 11 is 0. The highest BCUT2D eigenvalue weighted by Crippen LogP contribution is 2.27. The van der Waals surface area contributed by atoms with Gasteiger partial charge in [0.2, 0.25) is 0 Å². The Morgan fingerprint density at radius 3 is 2.47 bits per heavy atom. The third kappa shape index (κ3) is 3.85. The molecule has 1 heterocycles. The van der Waals surface area contributed by atoms with Gasteiger partial charge >= 0.3 is 12.0 Å². The van der Waals surface area contributed by atoms with Gasteiger partial charge in [-0.2, -0.15) is 0 Å². The molecule has 5 heteroatoms. The number of likely N-dealkylation sites (tertiary alicyclic amines) is 1. The van der Waals surface area contributed by atoms with E-state index in [2.05, 4.69) is 0 Å². The van der Waals surface area contributed by atoms with E-state index in [-0.39, 0.29) is 18.4 Å². The van der Waals surface area contributed by atoms with Gasteiger partial charge in [0, 0.05) is 33.1 Å². The highest BCUT2D eigenvalue weighted by atomic mass is 16.4. The Morgan fingerprint density at radius 2 is 1.89 bits per heavy atom. The van der Waals surface area contributed by atoms with Gasteiger partial charge < -0.3 is 14.9 Å². The minimum atomic E-state index is -0.762. The zero-order valence-corrected chi connectivity index (χ0v) is 11.7. The third-order valence-electron chi connectivity index (χ3n) is 4.34. The number of carbonyl (C=O) groups excluding carboxylic acids is 1. The predicted octanol–water partition coefficient (Wildman–Crippen LogP) is 2.03. The fraction of sp³-hybridized carbons (Fsp3) is 0.857. The fourth-order valence-corrected chi connectivity index (χ4v) is 3.03. The van der Waals surface area contributed by atoms with E-state index in [1.54, 1.807) is 0 Å². The first-order valence-corrected chi connectivity index (χ1v) is 7.28. The number of hydrogen-bond donors (Lipinski definition) is 1. The van der Waals surface area contributed by atoms with Crippen molar-refractivity contribution in [3.05, 3.63) is 0 Å². The van der Waals surface area contributed by atoms with Crippen molar-refractivity contribution in [3.8, 4) is 0 Å². The molecule has 2 amide bonds. The van der Waals surface area contributed by atoms with Crippen molar-refractivity contribution >= 4 is 12.0 Å². The zero-order chi connectivity index (χ0) is 13.8. The van der Waals surface area contributed by atoms with Crippen molar-refractivity contribution in [1.82, 2.24) is 9.80 Å². The SMILES string of the molecule is CN(CC1CCC1)C(=O)N1CCCC(CC(=O)O)C1. The molecule has 2 aliphatic rings. The topological polar surface area (TPSA) is 60.9 Å². The molecular weight excluding hydrogens is 244 g/mol. The van der Waals surface area contributed by atoms with Gasteiger partial charge in [-0.25, -0.2) is 4.79 Å². The summed E-state index contributed by atoms with van der Waals surface area (Å²) in [4.78, 5) is 26.7. The minimum absolute atomic E-state index is 0.0713. The van der Waals surface area contributed by atoms with Crippen molar-refractivity contribution in [2.75, 3.05) is 26.7 Å². The number of nitrogens with zero attached hydrogens (tertiary/aromatic N) is 2. The van der Waals surface area contributed by atoms with Crippen molar-refractivity contribution in [2.45, 2.75) is 38.5 Å². The molecule has 1 saturated carbocycles. The first-order valence-electron chi connectivity index (χ1n) is 7.28. The third-order valence-corrected chi connectivity index (χ3v) is 4.34. The molecule has 0 aromatic carbocycles. The smallest absolute Gasteiger partial charge is 0.319 e. The maximum absolute atomic E-state index is 12.3. The standard InChI is InChI=1S/C14H24N2O3/c1-15(9-11-4-2-5-11)14(19)16-7-3-6-12(10-16)8-13(17)18/h11-12H,2-10H2,1H3,(H,17,18). The number of carboxylic acid groups (broad SMARTS) is 1. The number of rotatable bonds is 4. The molecule has 1 atom stereocenters. The molecule has 0 radical (unpaired) electrons. The van der Waals surface area contributed by atoms with Crippen LogP contribution in [0.5, 0.6) is 0 Å². The van der Waals surface area contributed by atoms with Crippen LogP contribution < -0.4 is 0 Å². The average Bonchev–Trinajstić information content (AvgIpc) is 2.32. The molecule has 0 aromatic heterocycles. The fourth-order valence-electron chi connectivity index (χ4n) is 3.03. The maximum atomic E-state index is 12.3. The quantitative estimate of drug-likeness (QED) is 0.848. The van der Waals surface area contributed by atoms with Crippen molar-refractivity contribution in [3.63, 3.8) is 0 Å². The van der Waals surface area contributed by atoms with Gasteiger partial charge in [0.15, 0.2) is 0 Å². The number of carboxylic acids is 1. The second kappa shape index (κ2) is 6.26. The second-order valence-corrected chi connectivity index (χ2v) is 6.01. The normalized spacial score (nSPS) is 23.8. The van der Waals surface area contributed by atoms with Gasteiger partial charge in [-0.15, -0.1) is 0 Å². The van der Waals surface area contributed by atoms with E-state index < -0.39 is 5.97 Å². The summed E-state index contributed by atoms with van der Waals surface area (Å²) in [6.45, 7) is 2.21. The molecule has 0 spiro atoms. The van der Waals surface area contributed by atoms with E-state index in [4.69, 9.17) is 5.11 Å². The Hall–Kier alpha value is -1.26. The highest BCUT2D eigenvalue weighted by Gasteiger charge is 2.28. The van der Waals surface area contributed by atoms with Gasteiger partial charge in [-0.3, -0.25) is 4.79 Å². The molecule has 0 bridgehead atoms. The summed E-state index contributed by atoms with van der Waals surface area (Å²) in [6.07, 6.45) is 5.77.